The Kier molecular flexibility index (Phi) is 9.73. The molecule has 1 amide bonds. The minimum absolute atomic E-state index is 0.102. The van der Waals surface area contributed by atoms with Crippen molar-refractivity contribution in [2.24, 2.45) is 11.8 Å². The highest BCUT2D eigenvalue weighted by Crippen LogP contribution is 2.35. The van der Waals surface area contributed by atoms with E-state index in [0.29, 0.717) is 18.4 Å². The van der Waals surface area contributed by atoms with Crippen molar-refractivity contribution in [1.82, 2.24) is 4.90 Å². The Morgan fingerprint density at radius 2 is 1.62 bits per heavy atom. The minimum Gasteiger partial charge on any atom is -0.495 e. The molecule has 1 heterocycles. The van der Waals surface area contributed by atoms with Crippen molar-refractivity contribution in [1.29, 1.82) is 0 Å². The maximum Gasteiger partial charge on any atom is 0.410 e. The summed E-state index contributed by atoms with van der Waals surface area (Å²) in [5.41, 5.74) is 1.00. The Bertz CT molecular complexity index is 755. The molecule has 0 aromatic heterocycles. The second kappa shape index (κ2) is 13.2. The number of aliphatic hydroxyl groups is 1. The summed E-state index contributed by atoms with van der Waals surface area (Å²) in [7, 11) is 0. The van der Waals surface area contributed by atoms with Gasteiger partial charge in [-0.2, -0.15) is 0 Å². The number of ether oxygens (including phenoxy) is 2. The van der Waals surface area contributed by atoms with Crippen LogP contribution in [0, 0.1) is 11.8 Å². The van der Waals surface area contributed by atoms with Gasteiger partial charge in [-0.1, -0.05) is 68.9 Å². The lowest BCUT2D eigenvalue weighted by molar-refractivity contribution is -0.0690. The van der Waals surface area contributed by atoms with E-state index in [-0.39, 0.29) is 24.3 Å². The van der Waals surface area contributed by atoms with E-state index < -0.39 is 0 Å². The van der Waals surface area contributed by atoms with Crippen molar-refractivity contribution < 1.29 is 19.4 Å². The maximum absolute atomic E-state index is 12.7. The molecule has 34 heavy (non-hydrogen) atoms. The topological polar surface area (TPSA) is 59.0 Å². The number of benzene rings is 1. The molecule has 3 aliphatic rings. The van der Waals surface area contributed by atoms with Gasteiger partial charge < -0.3 is 19.5 Å². The highest BCUT2D eigenvalue weighted by Gasteiger charge is 2.36. The smallest absolute Gasteiger partial charge is 0.410 e. The average Bonchev–Trinajstić information content (AvgIpc) is 3.37. The monoisotopic (exact) mass is 469 g/mol. The van der Waals surface area contributed by atoms with Crippen molar-refractivity contribution in [3.8, 4) is 0 Å². The second-order valence-corrected chi connectivity index (χ2v) is 10.5. The van der Waals surface area contributed by atoms with Crippen LogP contribution >= 0.6 is 0 Å². The fraction of sp³-hybridized carbons (Fsp3) is 0.690. The van der Waals surface area contributed by atoms with Crippen molar-refractivity contribution in [3.63, 3.8) is 0 Å². The van der Waals surface area contributed by atoms with Gasteiger partial charge in [0.25, 0.3) is 0 Å². The van der Waals surface area contributed by atoms with E-state index in [2.05, 4.69) is 6.08 Å². The first-order chi connectivity index (χ1) is 16.7. The molecule has 1 aliphatic heterocycles. The summed E-state index contributed by atoms with van der Waals surface area (Å²) in [5, 5.41) is 11.2. The van der Waals surface area contributed by atoms with Gasteiger partial charge >= 0.3 is 6.09 Å². The molecular formula is C29H43NO4. The molecule has 0 radical (unpaired) electrons. The zero-order valence-corrected chi connectivity index (χ0v) is 20.7. The lowest BCUT2D eigenvalue weighted by Gasteiger charge is -2.37. The molecule has 3 fully saturated rings. The molecule has 0 bridgehead atoms. The van der Waals surface area contributed by atoms with Gasteiger partial charge in [-0.15, -0.1) is 0 Å². The van der Waals surface area contributed by atoms with Gasteiger partial charge in [0.2, 0.25) is 0 Å². The minimum atomic E-state index is -0.371. The van der Waals surface area contributed by atoms with Crippen LogP contribution in [0.1, 0.15) is 89.0 Å². The molecule has 5 nitrogen and oxygen atoms in total. The molecule has 1 N–H and O–H groups in total. The molecule has 188 valence electrons. The molecule has 3 atom stereocenters. The lowest BCUT2D eigenvalue weighted by atomic mass is 9.76. The summed E-state index contributed by atoms with van der Waals surface area (Å²) in [6.07, 6.45) is 18.0. The van der Waals surface area contributed by atoms with E-state index in [4.69, 9.17) is 9.47 Å². The van der Waals surface area contributed by atoms with Crippen LogP contribution in [0.15, 0.2) is 42.7 Å². The van der Waals surface area contributed by atoms with Crippen LogP contribution in [-0.2, 0) is 16.1 Å². The lowest BCUT2D eigenvalue weighted by Crippen LogP contribution is -2.41. The van der Waals surface area contributed by atoms with Crippen molar-refractivity contribution in [2.75, 3.05) is 6.54 Å². The van der Waals surface area contributed by atoms with Crippen LogP contribution in [0.5, 0.6) is 0 Å². The van der Waals surface area contributed by atoms with Gasteiger partial charge in [-0.3, -0.25) is 0 Å². The molecule has 1 saturated heterocycles. The number of hydrogen-bond acceptors (Lipinski definition) is 4. The van der Waals surface area contributed by atoms with E-state index in [1.165, 1.54) is 38.5 Å². The summed E-state index contributed by atoms with van der Waals surface area (Å²) in [6, 6.07) is 9.97. The number of amides is 1. The number of carbonyl (C=O) groups is 1. The second-order valence-electron chi connectivity index (χ2n) is 10.5. The number of carbonyl (C=O) groups excluding carboxylic acids is 1. The first kappa shape index (κ1) is 25.1. The van der Waals surface area contributed by atoms with Gasteiger partial charge in [0.1, 0.15) is 12.7 Å². The van der Waals surface area contributed by atoms with Crippen molar-refractivity contribution in [3.05, 3.63) is 48.2 Å². The van der Waals surface area contributed by atoms with Crippen LogP contribution in [-0.4, -0.2) is 40.9 Å². The van der Waals surface area contributed by atoms with Gasteiger partial charge in [0.15, 0.2) is 0 Å². The van der Waals surface area contributed by atoms with Gasteiger partial charge in [-0.25, -0.2) is 4.79 Å². The molecular weight excluding hydrogens is 426 g/mol. The van der Waals surface area contributed by atoms with Crippen molar-refractivity contribution >= 4 is 6.09 Å². The van der Waals surface area contributed by atoms with Crippen molar-refractivity contribution in [2.45, 2.75) is 108 Å². The number of aliphatic hydroxyl groups excluding tert-OH is 1. The van der Waals surface area contributed by atoms with Crippen LogP contribution in [0.25, 0.3) is 0 Å². The van der Waals surface area contributed by atoms with Crippen LogP contribution in [0.2, 0.25) is 0 Å². The molecule has 0 unspecified atom stereocenters. The zero-order chi connectivity index (χ0) is 23.6. The van der Waals surface area contributed by atoms with E-state index in [9.17, 15) is 9.90 Å². The van der Waals surface area contributed by atoms with E-state index >= 15 is 0 Å². The predicted molar refractivity (Wildman–Crippen MR) is 134 cm³/mol. The van der Waals surface area contributed by atoms with E-state index in [1.54, 1.807) is 0 Å². The SMILES string of the molecule is O=C(OCc1ccccc1)N1CCC[C@H]1C/C=C/O[C@H](C1CCCCC1)[C@H](O)C1CCCCC1. The Morgan fingerprint density at radius 1 is 0.941 bits per heavy atom. The number of nitrogens with zero attached hydrogens (tertiary/aromatic N) is 1. The number of hydrogen-bond donors (Lipinski definition) is 1. The Hall–Kier alpha value is -2.01. The molecule has 2 aliphatic carbocycles. The molecule has 4 rings (SSSR count). The summed E-state index contributed by atoms with van der Waals surface area (Å²) in [4.78, 5) is 14.5. The predicted octanol–water partition coefficient (Wildman–Crippen LogP) is 6.60. The van der Waals surface area contributed by atoms with Crippen LogP contribution in [0.4, 0.5) is 4.79 Å². The fourth-order valence-electron chi connectivity index (χ4n) is 6.16. The third kappa shape index (κ3) is 7.00. The zero-order valence-electron chi connectivity index (χ0n) is 20.7. The van der Waals surface area contributed by atoms with Crippen LogP contribution in [0.3, 0.4) is 0 Å². The summed E-state index contributed by atoms with van der Waals surface area (Å²) in [6.45, 7) is 1.06. The van der Waals surface area contributed by atoms with Gasteiger partial charge in [-0.05, 0) is 68.4 Å². The Balaban J connectivity index is 1.28. The highest BCUT2D eigenvalue weighted by molar-refractivity contribution is 5.68. The Morgan fingerprint density at radius 3 is 2.32 bits per heavy atom. The quantitative estimate of drug-likeness (QED) is 0.414. The van der Waals surface area contributed by atoms with E-state index in [1.807, 2.05) is 41.5 Å². The third-order valence-electron chi connectivity index (χ3n) is 8.14. The van der Waals surface area contributed by atoms with E-state index in [0.717, 1.165) is 57.1 Å². The average molecular weight is 470 g/mol. The summed E-state index contributed by atoms with van der Waals surface area (Å²) >= 11 is 0. The largest absolute Gasteiger partial charge is 0.495 e. The molecule has 0 spiro atoms. The van der Waals surface area contributed by atoms with Gasteiger partial charge in [0, 0.05) is 12.6 Å². The fourth-order valence-corrected chi connectivity index (χ4v) is 6.16. The maximum atomic E-state index is 12.7. The molecule has 1 aromatic rings. The first-order valence-electron chi connectivity index (χ1n) is 13.7. The highest BCUT2D eigenvalue weighted by atomic mass is 16.6. The van der Waals surface area contributed by atoms with Gasteiger partial charge in [0.05, 0.1) is 12.4 Å². The normalized spacial score (nSPS) is 24.3. The summed E-state index contributed by atoms with van der Waals surface area (Å²) < 4.78 is 11.9. The Labute approximate surface area is 205 Å². The molecule has 1 aromatic carbocycles. The van der Waals surface area contributed by atoms with Crippen LogP contribution < -0.4 is 0 Å². The number of likely N-dealkylation sites (tertiary alicyclic amines) is 1. The summed E-state index contributed by atoms with van der Waals surface area (Å²) in [5.74, 6) is 0.824. The molecule has 5 heteroatoms. The molecule has 2 saturated carbocycles. The first-order valence-corrected chi connectivity index (χ1v) is 13.7. The standard InChI is InChI=1S/C29H43NO4/c31-27(24-14-6-2-7-15-24)28(25-16-8-3-9-17-25)33-21-11-19-26-18-10-20-30(26)29(32)34-22-23-12-4-1-5-13-23/h1,4-5,11-13,21,24-28,31H,2-3,6-10,14-20,22H2/b21-11+/t26-,27+,28+/m0/s1. The third-order valence-corrected chi connectivity index (χ3v) is 8.14. The number of rotatable bonds is 9.